The monoisotopic (exact) mass is 1230 g/mol. The van der Waals surface area contributed by atoms with Gasteiger partial charge in [-0.05, 0) is 71.8 Å². The van der Waals surface area contributed by atoms with E-state index < -0.39 is 20.0 Å². The highest BCUT2D eigenvalue weighted by Gasteiger charge is 2.07. The highest BCUT2D eigenvalue weighted by molar-refractivity contribution is 7.45. The largest absolute Gasteiger partial charge is 0.466 e. The number of unbranched alkanes of at least 4 members (excludes halogenated alkanes) is 36. The molecule has 0 aromatic heterocycles. The van der Waals surface area contributed by atoms with Gasteiger partial charge in [0.15, 0.2) is 0 Å². The molecular weight excluding hydrogens is 1110 g/mol. The van der Waals surface area contributed by atoms with Crippen LogP contribution in [0.5, 0.6) is 0 Å². The molecule has 2 atom stereocenters. The fourth-order valence-corrected chi connectivity index (χ4v) is 7.78. The second-order valence-corrected chi connectivity index (χ2v) is 20.9. The smallest absolute Gasteiger partial charge is 0.376 e. The van der Waals surface area contributed by atoms with E-state index in [9.17, 15) is 0 Å². The van der Waals surface area contributed by atoms with Gasteiger partial charge in [0.2, 0.25) is 0 Å². The molecule has 0 saturated carbocycles. The molecule has 0 spiro atoms. The lowest BCUT2D eigenvalue weighted by molar-refractivity contribution is -0.788. The SMILES string of the molecule is C=COOOOOOOC(C)COCCOOC=CCCCCCCCCCCCCCCCCCCCC.C=COOOOOOOC(C)COCCOOC=CCCCCCCCCCCCCCCCCCCCC.O=P(O)(O)O. The van der Waals surface area contributed by atoms with Crippen molar-refractivity contribution in [3.63, 3.8) is 0 Å². The maximum absolute atomic E-state index is 8.88. The lowest BCUT2D eigenvalue weighted by Gasteiger charge is -2.09. The molecular formula is C58H115O24P. The molecule has 0 aromatic rings. The average molecular weight is 1230 g/mol. The molecule has 0 saturated heterocycles. The maximum Gasteiger partial charge on any atom is 0.466 e. The van der Waals surface area contributed by atoms with E-state index in [1.165, 1.54) is 231 Å². The van der Waals surface area contributed by atoms with Gasteiger partial charge in [-0.3, -0.25) is 0 Å². The predicted molar refractivity (Wildman–Crippen MR) is 310 cm³/mol. The molecule has 0 bridgehead atoms. The first kappa shape index (κ1) is 84.8. The summed E-state index contributed by atoms with van der Waals surface area (Å²) in [7, 11) is -4.64. The van der Waals surface area contributed by atoms with Crippen molar-refractivity contribution in [2.75, 3.05) is 39.6 Å². The Kier molecular flexibility index (Phi) is 79.4. The van der Waals surface area contributed by atoms with Crippen LogP contribution in [-0.2, 0) is 104 Å². The van der Waals surface area contributed by atoms with Crippen molar-refractivity contribution in [1.29, 1.82) is 0 Å². The summed E-state index contributed by atoms with van der Waals surface area (Å²) in [4.78, 5) is 59.4. The van der Waals surface area contributed by atoms with Crippen LogP contribution in [0.15, 0.2) is 50.4 Å². The minimum absolute atomic E-state index is 0.235. The van der Waals surface area contributed by atoms with Crippen LogP contribution in [0.2, 0.25) is 0 Å². The molecule has 0 aliphatic rings. The molecule has 496 valence electrons. The van der Waals surface area contributed by atoms with Crippen LogP contribution in [0.1, 0.15) is 272 Å². The lowest BCUT2D eigenvalue weighted by atomic mass is 10.0. The van der Waals surface area contributed by atoms with E-state index in [1.807, 2.05) is 12.2 Å². The number of hydrogen-bond donors (Lipinski definition) is 3. The third-order valence-electron chi connectivity index (χ3n) is 12.1. The Hall–Kier alpha value is -2.37. The van der Waals surface area contributed by atoms with Crippen molar-refractivity contribution in [1.82, 2.24) is 0 Å². The molecule has 0 fully saturated rings. The van der Waals surface area contributed by atoms with E-state index in [1.54, 1.807) is 26.4 Å². The molecule has 2 unspecified atom stereocenters. The summed E-state index contributed by atoms with van der Waals surface area (Å²) in [6.45, 7) is 16.0. The number of allylic oxidation sites excluding steroid dienone is 2. The topological polar surface area (TPSA) is 262 Å². The van der Waals surface area contributed by atoms with E-state index in [4.69, 9.17) is 58.0 Å². The van der Waals surface area contributed by atoms with Gasteiger partial charge >= 0.3 is 7.82 Å². The summed E-state index contributed by atoms with van der Waals surface area (Å²) in [5, 5.41) is 40.0. The molecule has 0 radical (unpaired) electrons. The Morgan fingerprint density at radius 3 is 0.855 bits per heavy atom. The molecule has 83 heavy (non-hydrogen) atoms. The first-order valence-corrected chi connectivity index (χ1v) is 32.5. The number of hydrogen-bond acceptors (Lipinski definition) is 21. The third kappa shape index (κ3) is 93.5. The molecule has 3 N–H and O–H groups in total. The number of phosphoric acid groups is 1. The van der Waals surface area contributed by atoms with Gasteiger partial charge in [-0.1, -0.05) is 245 Å². The molecule has 0 aliphatic carbocycles. The molecule has 0 aromatic carbocycles. The average Bonchev–Trinajstić information content (AvgIpc) is 3.46. The Morgan fingerprint density at radius 2 is 0.590 bits per heavy atom. The van der Waals surface area contributed by atoms with Gasteiger partial charge in [0, 0.05) is 30.2 Å². The standard InChI is InChI=1S/2C29H56O10.H3O4P/c2*1-4-6-7-8-9-10-11-12-13-14-15-16-17-18-19-20-21-22-23-24-25-32-33-27-26-30-28-29(3)34-36-38-39-37-35-31-5-2;1-5(2,3)4/h2*5,24-25,29H,2,4,6-23,26-28H2,1,3H3;(H3,1,2,3,4). The predicted octanol–water partition coefficient (Wildman–Crippen LogP) is 17.1. The van der Waals surface area contributed by atoms with Crippen LogP contribution in [0.25, 0.3) is 0 Å². The zero-order valence-electron chi connectivity index (χ0n) is 51.5. The van der Waals surface area contributed by atoms with Crippen LogP contribution in [0, 0.1) is 0 Å². The second kappa shape index (κ2) is 77.6. The lowest BCUT2D eigenvalue weighted by Crippen LogP contribution is -2.18. The normalized spacial score (nSPS) is 12.2. The first-order chi connectivity index (χ1) is 40.6. The second-order valence-electron chi connectivity index (χ2n) is 19.9. The van der Waals surface area contributed by atoms with Crippen molar-refractivity contribution in [2.45, 2.75) is 284 Å². The summed E-state index contributed by atoms with van der Waals surface area (Å²) in [6, 6.07) is 0. The van der Waals surface area contributed by atoms with Gasteiger partial charge in [-0.15, -0.1) is 0 Å². The highest BCUT2D eigenvalue weighted by atomic mass is 31.2. The van der Waals surface area contributed by atoms with Gasteiger partial charge in [-0.25, -0.2) is 4.57 Å². The van der Waals surface area contributed by atoms with E-state index in [0.29, 0.717) is 13.2 Å². The molecule has 0 rings (SSSR count). The summed E-state index contributed by atoms with van der Waals surface area (Å²) in [5.74, 6) is 0. The third-order valence-corrected chi connectivity index (χ3v) is 12.1. The Bertz CT molecular complexity index is 1230. The van der Waals surface area contributed by atoms with Crippen molar-refractivity contribution < 1.29 is 118 Å². The van der Waals surface area contributed by atoms with Gasteiger partial charge in [0.1, 0.15) is 50.5 Å². The first-order valence-electron chi connectivity index (χ1n) is 30.9. The number of ether oxygens (including phenoxy) is 2. The van der Waals surface area contributed by atoms with Crippen molar-refractivity contribution in [2.24, 2.45) is 0 Å². The van der Waals surface area contributed by atoms with Crippen LogP contribution in [-0.4, -0.2) is 66.5 Å². The molecule has 25 heteroatoms. The highest BCUT2D eigenvalue weighted by Crippen LogP contribution is 2.26. The van der Waals surface area contributed by atoms with Crippen molar-refractivity contribution in [3.05, 3.63) is 50.4 Å². The van der Waals surface area contributed by atoms with E-state index in [-0.39, 0.29) is 26.4 Å². The Balaban J connectivity index is -0.00000142. The molecule has 0 aliphatic heterocycles. The minimum Gasteiger partial charge on any atom is -0.376 e. The summed E-state index contributed by atoms with van der Waals surface area (Å²) in [5.41, 5.74) is 0. The summed E-state index contributed by atoms with van der Waals surface area (Å²) >= 11 is 0. The minimum atomic E-state index is -4.64. The maximum atomic E-state index is 8.88. The zero-order valence-corrected chi connectivity index (χ0v) is 52.4. The number of rotatable bonds is 68. The summed E-state index contributed by atoms with van der Waals surface area (Å²) < 4.78 is 19.6. The molecule has 24 nitrogen and oxygen atoms in total. The summed E-state index contributed by atoms with van der Waals surface area (Å²) in [6.07, 6.45) is 60.2. The van der Waals surface area contributed by atoms with Gasteiger partial charge in [-0.2, -0.15) is 19.6 Å². The zero-order chi connectivity index (χ0) is 61.2. The molecule has 0 heterocycles. The van der Waals surface area contributed by atoms with Crippen LogP contribution < -0.4 is 0 Å². The Morgan fingerprint density at radius 1 is 0.349 bits per heavy atom. The quantitative estimate of drug-likeness (QED) is 0.0168. The van der Waals surface area contributed by atoms with Crippen molar-refractivity contribution >= 4 is 7.82 Å². The fraction of sp³-hybridized carbons (Fsp3) is 0.862. The van der Waals surface area contributed by atoms with Gasteiger partial charge < -0.3 is 43.7 Å². The van der Waals surface area contributed by atoms with E-state index in [2.05, 4.69) is 87.2 Å². The van der Waals surface area contributed by atoms with E-state index >= 15 is 0 Å². The van der Waals surface area contributed by atoms with Crippen LogP contribution >= 0.6 is 7.82 Å². The van der Waals surface area contributed by atoms with Gasteiger partial charge in [0.05, 0.1) is 26.4 Å². The Labute approximate surface area is 498 Å². The van der Waals surface area contributed by atoms with Crippen molar-refractivity contribution in [3.8, 4) is 0 Å². The molecule has 0 amide bonds. The van der Waals surface area contributed by atoms with Crippen LogP contribution in [0.3, 0.4) is 0 Å². The van der Waals surface area contributed by atoms with E-state index in [0.717, 1.165) is 25.4 Å². The fourth-order valence-electron chi connectivity index (χ4n) is 7.78. The van der Waals surface area contributed by atoms with Gasteiger partial charge in [0.25, 0.3) is 0 Å². The van der Waals surface area contributed by atoms with Crippen LogP contribution in [0.4, 0.5) is 0 Å².